The van der Waals surface area contributed by atoms with Gasteiger partial charge in [-0.25, -0.2) is 0 Å². The third-order valence-corrected chi connectivity index (χ3v) is 4.59. The Labute approximate surface area is 127 Å². The second-order valence-corrected chi connectivity index (χ2v) is 5.92. The van der Waals surface area contributed by atoms with E-state index in [2.05, 4.69) is 54.7 Å². The van der Waals surface area contributed by atoms with Crippen LogP contribution in [0.5, 0.6) is 5.75 Å². The van der Waals surface area contributed by atoms with Crippen molar-refractivity contribution in [3.05, 3.63) is 64.7 Å². The van der Waals surface area contributed by atoms with Crippen molar-refractivity contribution in [1.29, 1.82) is 0 Å². The zero-order valence-corrected chi connectivity index (χ0v) is 13.0. The van der Waals surface area contributed by atoms with Crippen LogP contribution in [0.1, 0.15) is 40.6 Å². The SMILES string of the molecule is CNC(CC1Cc2ccccc21)c1ccc(C)cc1OC. The maximum Gasteiger partial charge on any atom is 0.123 e. The number of hydrogen-bond acceptors (Lipinski definition) is 2. The van der Waals surface area contributed by atoms with Gasteiger partial charge in [-0.15, -0.1) is 0 Å². The van der Waals surface area contributed by atoms with Gasteiger partial charge in [0.25, 0.3) is 0 Å². The summed E-state index contributed by atoms with van der Waals surface area (Å²) in [6.07, 6.45) is 2.31. The number of methoxy groups -OCH3 is 1. The van der Waals surface area contributed by atoms with Gasteiger partial charge in [0.1, 0.15) is 5.75 Å². The Morgan fingerprint density at radius 1 is 1.24 bits per heavy atom. The van der Waals surface area contributed by atoms with Crippen molar-refractivity contribution in [3.63, 3.8) is 0 Å². The van der Waals surface area contributed by atoms with Crippen molar-refractivity contribution in [2.45, 2.75) is 31.7 Å². The molecule has 1 aliphatic rings. The standard InChI is InChI=1S/C19H23NO/c1-13-8-9-17(19(10-13)21-3)18(20-2)12-15-11-14-6-4-5-7-16(14)15/h4-10,15,18,20H,11-12H2,1-3H3. The van der Waals surface area contributed by atoms with Crippen LogP contribution in [-0.4, -0.2) is 14.2 Å². The lowest BCUT2D eigenvalue weighted by Gasteiger charge is -2.33. The van der Waals surface area contributed by atoms with E-state index < -0.39 is 0 Å². The summed E-state index contributed by atoms with van der Waals surface area (Å²) in [6, 6.07) is 15.6. The van der Waals surface area contributed by atoms with E-state index in [1.165, 1.54) is 28.7 Å². The fraction of sp³-hybridized carbons (Fsp3) is 0.368. The number of ether oxygens (including phenoxy) is 1. The first-order valence-corrected chi connectivity index (χ1v) is 7.62. The normalized spacial score (nSPS) is 17.8. The summed E-state index contributed by atoms with van der Waals surface area (Å²) in [5.41, 5.74) is 5.52. The van der Waals surface area contributed by atoms with Crippen molar-refractivity contribution in [1.82, 2.24) is 5.32 Å². The van der Waals surface area contributed by atoms with Gasteiger partial charge in [0.15, 0.2) is 0 Å². The predicted molar refractivity (Wildman–Crippen MR) is 87.0 cm³/mol. The minimum Gasteiger partial charge on any atom is -0.496 e. The molecule has 0 bridgehead atoms. The third kappa shape index (κ3) is 2.68. The molecule has 0 amide bonds. The largest absolute Gasteiger partial charge is 0.496 e. The molecule has 2 atom stereocenters. The first kappa shape index (κ1) is 14.2. The molecule has 0 aromatic heterocycles. The average molecular weight is 281 g/mol. The molecule has 110 valence electrons. The summed E-state index contributed by atoms with van der Waals surface area (Å²) >= 11 is 0. The molecule has 2 aromatic rings. The van der Waals surface area contributed by atoms with Crippen molar-refractivity contribution in [3.8, 4) is 5.75 Å². The number of aryl methyl sites for hydroxylation is 1. The fourth-order valence-corrected chi connectivity index (χ4v) is 3.36. The Balaban J connectivity index is 1.81. The Kier molecular flexibility index (Phi) is 3.98. The molecule has 0 radical (unpaired) electrons. The van der Waals surface area contributed by atoms with E-state index in [0.717, 1.165) is 12.2 Å². The molecule has 1 N–H and O–H groups in total. The minimum absolute atomic E-state index is 0.332. The Morgan fingerprint density at radius 3 is 2.76 bits per heavy atom. The molecular weight excluding hydrogens is 258 g/mol. The maximum absolute atomic E-state index is 5.57. The highest BCUT2D eigenvalue weighted by atomic mass is 16.5. The molecule has 21 heavy (non-hydrogen) atoms. The topological polar surface area (TPSA) is 21.3 Å². The number of nitrogens with one attached hydrogen (secondary N) is 1. The molecular formula is C19H23NO. The van der Waals surface area contributed by atoms with Crippen LogP contribution in [0.15, 0.2) is 42.5 Å². The second-order valence-electron chi connectivity index (χ2n) is 5.92. The van der Waals surface area contributed by atoms with Crippen molar-refractivity contribution >= 4 is 0 Å². The van der Waals surface area contributed by atoms with Gasteiger partial charge < -0.3 is 10.1 Å². The Hall–Kier alpha value is -1.80. The molecule has 0 saturated heterocycles. The highest BCUT2D eigenvalue weighted by Gasteiger charge is 2.29. The average Bonchev–Trinajstić information content (AvgIpc) is 2.49. The molecule has 0 heterocycles. The fourth-order valence-electron chi connectivity index (χ4n) is 3.36. The molecule has 0 fully saturated rings. The first-order chi connectivity index (χ1) is 10.2. The number of rotatable bonds is 5. The van der Waals surface area contributed by atoms with Crippen LogP contribution in [0.2, 0.25) is 0 Å². The van der Waals surface area contributed by atoms with Crippen LogP contribution >= 0.6 is 0 Å². The van der Waals surface area contributed by atoms with Gasteiger partial charge in [-0.05, 0) is 55.5 Å². The lowest BCUT2D eigenvalue weighted by atomic mass is 9.73. The first-order valence-electron chi connectivity index (χ1n) is 7.62. The zero-order chi connectivity index (χ0) is 14.8. The van der Waals surface area contributed by atoms with E-state index in [0.29, 0.717) is 12.0 Å². The van der Waals surface area contributed by atoms with Crippen LogP contribution < -0.4 is 10.1 Å². The zero-order valence-electron chi connectivity index (χ0n) is 13.0. The molecule has 0 spiro atoms. The third-order valence-electron chi connectivity index (χ3n) is 4.59. The van der Waals surface area contributed by atoms with Gasteiger partial charge in [0.05, 0.1) is 7.11 Å². The van der Waals surface area contributed by atoms with Crippen molar-refractivity contribution in [2.75, 3.05) is 14.2 Å². The lowest BCUT2D eigenvalue weighted by Crippen LogP contribution is -2.25. The smallest absolute Gasteiger partial charge is 0.123 e. The highest BCUT2D eigenvalue weighted by molar-refractivity contribution is 5.42. The summed E-state index contributed by atoms with van der Waals surface area (Å²) in [5.74, 6) is 1.65. The van der Waals surface area contributed by atoms with Gasteiger partial charge in [-0.1, -0.05) is 36.4 Å². The quantitative estimate of drug-likeness (QED) is 0.894. The molecule has 3 rings (SSSR count). The van der Waals surface area contributed by atoms with Crippen LogP contribution in [0, 0.1) is 6.92 Å². The molecule has 0 saturated carbocycles. The summed E-state index contributed by atoms with van der Waals surface area (Å²) < 4.78 is 5.57. The summed E-state index contributed by atoms with van der Waals surface area (Å²) in [4.78, 5) is 0. The molecule has 2 nitrogen and oxygen atoms in total. The Bertz CT molecular complexity index is 635. The van der Waals surface area contributed by atoms with E-state index in [1.54, 1.807) is 7.11 Å². The van der Waals surface area contributed by atoms with Crippen LogP contribution in [-0.2, 0) is 6.42 Å². The van der Waals surface area contributed by atoms with Crippen molar-refractivity contribution in [2.24, 2.45) is 0 Å². The Morgan fingerprint density at radius 2 is 2.05 bits per heavy atom. The molecule has 2 aromatic carbocycles. The lowest BCUT2D eigenvalue weighted by molar-refractivity contribution is 0.389. The summed E-state index contributed by atoms with van der Waals surface area (Å²) in [6.45, 7) is 2.10. The molecule has 2 unspecified atom stereocenters. The van der Waals surface area contributed by atoms with Gasteiger partial charge in [0, 0.05) is 11.6 Å². The number of hydrogen-bond donors (Lipinski definition) is 1. The van der Waals surface area contributed by atoms with Gasteiger partial charge in [-0.2, -0.15) is 0 Å². The summed E-state index contributed by atoms with van der Waals surface area (Å²) in [5, 5.41) is 3.46. The number of fused-ring (bicyclic) bond motifs is 1. The van der Waals surface area contributed by atoms with Crippen LogP contribution in [0.25, 0.3) is 0 Å². The van der Waals surface area contributed by atoms with E-state index in [4.69, 9.17) is 4.74 Å². The van der Waals surface area contributed by atoms with Gasteiger partial charge in [-0.3, -0.25) is 0 Å². The van der Waals surface area contributed by atoms with Gasteiger partial charge in [0.2, 0.25) is 0 Å². The maximum atomic E-state index is 5.57. The predicted octanol–water partition coefficient (Wildman–Crippen LogP) is 3.99. The van der Waals surface area contributed by atoms with E-state index in [9.17, 15) is 0 Å². The highest BCUT2D eigenvalue weighted by Crippen LogP contribution is 2.42. The minimum atomic E-state index is 0.332. The summed E-state index contributed by atoms with van der Waals surface area (Å²) in [7, 11) is 3.79. The second kappa shape index (κ2) is 5.90. The molecule has 2 heteroatoms. The van der Waals surface area contributed by atoms with E-state index in [1.807, 2.05) is 7.05 Å². The number of benzene rings is 2. The monoisotopic (exact) mass is 281 g/mol. The van der Waals surface area contributed by atoms with Gasteiger partial charge >= 0.3 is 0 Å². The molecule has 0 aliphatic heterocycles. The van der Waals surface area contributed by atoms with E-state index in [-0.39, 0.29) is 0 Å². The van der Waals surface area contributed by atoms with E-state index >= 15 is 0 Å². The molecule has 1 aliphatic carbocycles. The van der Waals surface area contributed by atoms with Crippen LogP contribution in [0.4, 0.5) is 0 Å². The van der Waals surface area contributed by atoms with Crippen LogP contribution in [0.3, 0.4) is 0 Å². The van der Waals surface area contributed by atoms with Crippen molar-refractivity contribution < 1.29 is 4.74 Å².